The molecule has 0 saturated heterocycles. The fourth-order valence-electron chi connectivity index (χ4n) is 18.5. The van der Waals surface area contributed by atoms with Crippen molar-refractivity contribution < 1.29 is 18.5 Å². The molecule has 1 heterocycles. The van der Waals surface area contributed by atoms with Gasteiger partial charge in [0, 0.05) is 22.3 Å². The van der Waals surface area contributed by atoms with Gasteiger partial charge in [0.1, 0.15) is 11.5 Å². The molecule has 5 heteroatoms. The molecule has 1 aliphatic heterocycles. The molecule has 0 amide bonds. The number of aryl methyl sites for hydroxylation is 2. The van der Waals surface area contributed by atoms with Crippen LogP contribution in [0.1, 0.15) is 237 Å². The summed E-state index contributed by atoms with van der Waals surface area (Å²) in [6.45, 7) is 19.0. The molecule has 0 aromatic heterocycles. The monoisotopic (exact) mass is 945 g/mol. The van der Waals surface area contributed by atoms with Crippen molar-refractivity contribution in [1.82, 2.24) is 0 Å². The molecule has 1 N–H and O–H groups in total. The highest BCUT2D eigenvalue weighted by atomic mass is 31.2. The number of fused-ring (bicyclic) bond motifs is 7. The van der Waals surface area contributed by atoms with Crippen LogP contribution in [-0.4, -0.2) is 4.89 Å². The van der Waals surface area contributed by atoms with E-state index in [2.05, 4.69) is 91.8 Å². The van der Waals surface area contributed by atoms with Crippen molar-refractivity contribution in [2.75, 3.05) is 0 Å². The van der Waals surface area contributed by atoms with Gasteiger partial charge in [0.15, 0.2) is 0 Å². The lowest BCUT2D eigenvalue weighted by atomic mass is 9.48. The SMILES string of the molecule is CC(C)c1cc(C23CC4CC(CC(C4)C2)C3)cc(C(C)C)c1-c1cc2c(c3c1OP(=O)(O)Oc1c(-c4c(C(C)C)cc(C56CC7CC(CC(C7)C5)C6)cc4C(C)C)cc4c(c1-3)CCCC4)CCCC2. The Bertz CT molecular complexity index is 2500. The Hall–Kier alpha value is -3.33. The lowest BCUT2D eigenvalue weighted by molar-refractivity contribution is -0.00537. The summed E-state index contributed by atoms with van der Waals surface area (Å²) in [6.07, 6.45) is 25.0. The third-order valence-corrected chi connectivity index (χ3v) is 21.4. The predicted molar refractivity (Wildman–Crippen MR) is 283 cm³/mol. The van der Waals surface area contributed by atoms with Crippen LogP contribution in [0.2, 0.25) is 0 Å². The van der Waals surface area contributed by atoms with Gasteiger partial charge >= 0.3 is 7.82 Å². The first-order valence-corrected chi connectivity index (χ1v) is 30.0. The second kappa shape index (κ2) is 16.3. The average molecular weight is 945 g/mol. The van der Waals surface area contributed by atoms with Crippen molar-refractivity contribution >= 4 is 7.82 Å². The molecule has 4 aromatic rings. The van der Waals surface area contributed by atoms with Gasteiger partial charge in [-0.25, -0.2) is 4.57 Å². The Kier molecular flexibility index (Phi) is 10.8. The summed E-state index contributed by atoms with van der Waals surface area (Å²) < 4.78 is 29.0. The molecule has 8 saturated carbocycles. The Labute approximate surface area is 415 Å². The van der Waals surface area contributed by atoms with Crippen molar-refractivity contribution in [3.8, 4) is 44.9 Å². The fourth-order valence-corrected chi connectivity index (χ4v) is 19.3. The summed E-state index contributed by atoms with van der Waals surface area (Å²) in [4.78, 5) is 12.5. The summed E-state index contributed by atoms with van der Waals surface area (Å²) in [7, 11) is -4.71. The number of hydrogen-bond donors (Lipinski definition) is 1. The average Bonchev–Trinajstić information content (AvgIpc) is 3.42. The Morgan fingerprint density at radius 2 is 0.739 bits per heavy atom. The molecule has 0 spiro atoms. The van der Waals surface area contributed by atoms with E-state index in [0.717, 1.165) is 109 Å². The second-order valence-electron chi connectivity index (χ2n) is 26.7. The zero-order valence-corrected chi connectivity index (χ0v) is 44.4. The summed E-state index contributed by atoms with van der Waals surface area (Å²) in [6, 6.07) is 15.3. The van der Waals surface area contributed by atoms with Gasteiger partial charge in [0.2, 0.25) is 0 Å². The molecular formula is C64H81O4P. The predicted octanol–water partition coefficient (Wildman–Crippen LogP) is 17.7. The Balaban J connectivity index is 1.07. The molecule has 366 valence electrons. The minimum atomic E-state index is -4.71. The molecule has 8 bridgehead atoms. The Morgan fingerprint density at radius 3 is 1.03 bits per heavy atom. The van der Waals surface area contributed by atoms with Crippen LogP contribution in [0.4, 0.5) is 0 Å². The third kappa shape index (κ3) is 7.29. The smallest absolute Gasteiger partial charge is 0.394 e. The molecule has 10 aliphatic carbocycles. The number of benzene rings is 4. The molecule has 0 radical (unpaired) electrons. The molecule has 15 rings (SSSR count). The van der Waals surface area contributed by atoms with Crippen molar-refractivity contribution in [1.29, 1.82) is 0 Å². The second-order valence-corrected chi connectivity index (χ2v) is 28.0. The highest BCUT2D eigenvalue weighted by Crippen LogP contribution is 2.66. The molecule has 11 aliphatic rings. The van der Waals surface area contributed by atoms with Crippen molar-refractivity contribution in [2.24, 2.45) is 35.5 Å². The first-order chi connectivity index (χ1) is 33.1. The minimum Gasteiger partial charge on any atom is -0.394 e. The van der Waals surface area contributed by atoms with E-state index < -0.39 is 7.82 Å². The first kappa shape index (κ1) is 45.5. The van der Waals surface area contributed by atoms with Crippen molar-refractivity contribution in [2.45, 2.75) is 218 Å². The maximum absolute atomic E-state index is 15.3. The molecule has 0 unspecified atom stereocenters. The lowest BCUT2D eigenvalue weighted by Gasteiger charge is -2.57. The van der Waals surface area contributed by atoms with Gasteiger partial charge < -0.3 is 9.05 Å². The summed E-state index contributed by atoms with van der Waals surface area (Å²) in [5, 5.41) is 0. The number of rotatable bonds is 8. The summed E-state index contributed by atoms with van der Waals surface area (Å²) in [5.41, 5.74) is 21.1. The van der Waals surface area contributed by atoms with E-state index in [1.165, 1.54) is 133 Å². The third-order valence-electron chi connectivity index (χ3n) is 20.6. The van der Waals surface area contributed by atoms with E-state index in [1.807, 2.05) is 0 Å². The van der Waals surface area contributed by atoms with Crippen LogP contribution >= 0.6 is 7.82 Å². The Morgan fingerprint density at radius 1 is 0.449 bits per heavy atom. The van der Waals surface area contributed by atoms with E-state index in [4.69, 9.17) is 9.05 Å². The molecule has 0 atom stereocenters. The van der Waals surface area contributed by atoms with E-state index >= 15 is 4.57 Å². The maximum atomic E-state index is 15.3. The van der Waals surface area contributed by atoms with Gasteiger partial charge in [-0.3, -0.25) is 4.89 Å². The molecular weight excluding hydrogens is 864 g/mol. The van der Waals surface area contributed by atoms with Crippen LogP contribution in [0, 0.1) is 35.5 Å². The van der Waals surface area contributed by atoms with E-state index in [-0.39, 0.29) is 34.5 Å². The molecule has 69 heavy (non-hydrogen) atoms. The van der Waals surface area contributed by atoms with Crippen molar-refractivity contribution in [3.63, 3.8) is 0 Å². The van der Waals surface area contributed by atoms with Gasteiger partial charge in [-0.2, -0.15) is 0 Å². The van der Waals surface area contributed by atoms with E-state index in [1.54, 1.807) is 11.1 Å². The van der Waals surface area contributed by atoms with Gasteiger partial charge in [-0.1, -0.05) is 79.7 Å². The molecule has 8 fully saturated rings. The fraction of sp³-hybridized carbons (Fsp3) is 0.625. The quantitative estimate of drug-likeness (QED) is 0.179. The maximum Gasteiger partial charge on any atom is 0.584 e. The van der Waals surface area contributed by atoms with Gasteiger partial charge in [-0.15, -0.1) is 0 Å². The largest absolute Gasteiger partial charge is 0.584 e. The van der Waals surface area contributed by atoms with Crippen LogP contribution in [-0.2, 0) is 41.1 Å². The van der Waals surface area contributed by atoms with Crippen LogP contribution < -0.4 is 9.05 Å². The van der Waals surface area contributed by atoms with Crippen LogP contribution in [0.5, 0.6) is 11.5 Å². The van der Waals surface area contributed by atoms with E-state index in [9.17, 15) is 4.89 Å². The normalized spacial score (nSPS) is 32.5. The standard InChI is InChI=1S/C64H81O4P/c1-35(2)51-25-47(63-29-39-17-40(30-63)19-41(18-39)31-63)26-52(36(3)4)57(51)55-23-45-13-9-11-15-49(45)59-60-50-16-12-10-14-46(50)24-56(62(60)68-69(65,66)67-61(55)59)58-53(37(5)6)27-48(28-54(58)38(7)8)64-32-42-20-43(33-64)22-44(21-42)34-64/h23-28,35-44H,9-22,29-34H2,1-8H3,(H,65,66). The summed E-state index contributed by atoms with van der Waals surface area (Å²) >= 11 is 0. The molecule has 4 aromatic carbocycles. The number of phosphoric acid groups is 1. The zero-order valence-electron chi connectivity index (χ0n) is 43.5. The topological polar surface area (TPSA) is 55.8 Å². The number of phosphoric ester groups is 1. The molecule has 4 nitrogen and oxygen atoms in total. The van der Waals surface area contributed by atoms with Gasteiger partial charge in [0.05, 0.1) is 0 Å². The zero-order chi connectivity index (χ0) is 47.5. The van der Waals surface area contributed by atoms with Crippen LogP contribution in [0.15, 0.2) is 36.4 Å². The van der Waals surface area contributed by atoms with Crippen molar-refractivity contribution in [3.05, 3.63) is 92.0 Å². The minimum absolute atomic E-state index is 0.262. The van der Waals surface area contributed by atoms with Crippen LogP contribution in [0.25, 0.3) is 33.4 Å². The van der Waals surface area contributed by atoms with Gasteiger partial charge in [-0.05, 0) is 277 Å². The first-order valence-electron chi connectivity index (χ1n) is 28.5. The van der Waals surface area contributed by atoms with E-state index in [0.29, 0.717) is 11.5 Å². The highest BCUT2D eigenvalue weighted by molar-refractivity contribution is 7.48. The van der Waals surface area contributed by atoms with Gasteiger partial charge in [0.25, 0.3) is 0 Å². The number of hydrogen-bond acceptors (Lipinski definition) is 3. The summed E-state index contributed by atoms with van der Waals surface area (Å²) in [5.74, 6) is 7.43. The van der Waals surface area contributed by atoms with Crippen LogP contribution in [0.3, 0.4) is 0 Å². The lowest BCUT2D eigenvalue weighted by Crippen LogP contribution is -2.48. The highest BCUT2D eigenvalue weighted by Gasteiger charge is 2.54.